The minimum absolute atomic E-state index is 0.714. The Labute approximate surface area is 113 Å². The highest BCUT2D eigenvalue weighted by Gasteiger charge is 2.30. The van der Waals surface area contributed by atoms with Gasteiger partial charge in [0, 0.05) is 44.3 Å². The normalized spacial score (nSPS) is 28.8. The third kappa shape index (κ3) is 3.69. The SMILES string of the molecule is CCN1CCN(C(CNC2CC2)C(C)C)CC1C. The highest BCUT2D eigenvalue weighted by atomic mass is 15.3. The Balaban J connectivity index is 1.85. The van der Waals surface area contributed by atoms with Crippen LogP contribution in [0.15, 0.2) is 0 Å². The molecule has 1 saturated heterocycles. The summed E-state index contributed by atoms with van der Waals surface area (Å²) in [5.41, 5.74) is 0. The molecule has 18 heavy (non-hydrogen) atoms. The quantitative estimate of drug-likeness (QED) is 0.778. The van der Waals surface area contributed by atoms with E-state index in [4.69, 9.17) is 0 Å². The van der Waals surface area contributed by atoms with Crippen LogP contribution in [0.3, 0.4) is 0 Å². The van der Waals surface area contributed by atoms with Gasteiger partial charge in [0.05, 0.1) is 0 Å². The van der Waals surface area contributed by atoms with Crippen molar-refractivity contribution in [3.05, 3.63) is 0 Å². The van der Waals surface area contributed by atoms with E-state index in [0.717, 1.165) is 12.0 Å². The molecule has 1 aliphatic carbocycles. The van der Waals surface area contributed by atoms with Crippen molar-refractivity contribution in [1.82, 2.24) is 15.1 Å². The Bertz CT molecular complexity index is 250. The van der Waals surface area contributed by atoms with Crippen molar-refractivity contribution in [2.24, 2.45) is 5.92 Å². The highest BCUT2D eigenvalue weighted by molar-refractivity contribution is 4.88. The standard InChI is InChI=1S/C15H31N3/c1-5-17-8-9-18(11-13(17)4)15(12(2)3)10-16-14-6-7-14/h12-16H,5-11H2,1-4H3. The zero-order valence-corrected chi connectivity index (χ0v) is 12.7. The van der Waals surface area contributed by atoms with Gasteiger partial charge in [0.1, 0.15) is 0 Å². The summed E-state index contributed by atoms with van der Waals surface area (Å²) in [5.74, 6) is 0.747. The van der Waals surface area contributed by atoms with Crippen LogP contribution < -0.4 is 5.32 Å². The summed E-state index contributed by atoms with van der Waals surface area (Å²) in [7, 11) is 0. The minimum atomic E-state index is 0.714. The van der Waals surface area contributed by atoms with Gasteiger partial charge in [-0.1, -0.05) is 20.8 Å². The molecule has 2 fully saturated rings. The van der Waals surface area contributed by atoms with Crippen molar-refractivity contribution < 1.29 is 0 Å². The van der Waals surface area contributed by atoms with Gasteiger partial charge in [-0.2, -0.15) is 0 Å². The fourth-order valence-electron chi connectivity index (χ4n) is 3.16. The van der Waals surface area contributed by atoms with Gasteiger partial charge in [-0.05, 0) is 32.2 Å². The molecule has 2 unspecified atom stereocenters. The molecular formula is C15H31N3. The molecule has 3 heteroatoms. The zero-order chi connectivity index (χ0) is 13.1. The molecule has 0 radical (unpaired) electrons. The van der Waals surface area contributed by atoms with E-state index in [1.165, 1.54) is 45.6 Å². The molecule has 1 aliphatic heterocycles. The fraction of sp³-hybridized carbons (Fsp3) is 1.00. The van der Waals surface area contributed by atoms with Crippen LogP contribution in [0.2, 0.25) is 0 Å². The van der Waals surface area contributed by atoms with Crippen molar-refractivity contribution in [1.29, 1.82) is 0 Å². The first kappa shape index (κ1) is 14.3. The van der Waals surface area contributed by atoms with Crippen LogP contribution in [0.1, 0.15) is 40.5 Å². The van der Waals surface area contributed by atoms with Gasteiger partial charge < -0.3 is 5.32 Å². The summed E-state index contributed by atoms with van der Waals surface area (Å²) in [6, 6.07) is 2.26. The maximum Gasteiger partial charge on any atom is 0.0244 e. The topological polar surface area (TPSA) is 18.5 Å². The van der Waals surface area contributed by atoms with E-state index in [1.54, 1.807) is 0 Å². The molecular weight excluding hydrogens is 222 g/mol. The second-order valence-corrected chi connectivity index (χ2v) is 6.47. The van der Waals surface area contributed by atoms with Crippen LogP contribution in [0.25, 0.3) is 0 Å². The number of nitrogens with one attached hydrogen (secondary N) is 1. The van der Waals surface area contributed by atoms with E-state index in [0.29, 0.717) is 12.1 Å². The van der Waals surface area contributed by atoms with E-state index in [2.05, 4.69) is 42.8 Å². The van der Waals surface area contributed by atoms with Crippen LogP contribution in [0.4, 0.5) is 0 Å². The molecule has 0 aromatic carbocycles. The Morgan fingerprint density at radius 2 is 1.94 bits per heavy atom. The lowest BCUT2D eigenvalue weighted by atomic mass is 10.00. The molecule has 2 rings (SSSR count). The molecule has 1 saturated carbocycles. The summed E-state index contributed by atoms with van der Waals surface area (Å²) in [5, 5.41) is 3.72. The summed E-state index contributed by atoms with van der Waals surface area (Å²) >= 11 is 0. The van der Waals surface area contributed by atoms with Crippen LogP contribution in [0.5, 0.6) is 0 Å². The molecule has 1 heterocycles. The molecule has 106 valence electrons. The predicted molar refractivity (Wildman–Crippen MR) is 77.9 cm³/mol. The van der Waals surface area contributed by atoms with Gasteiger partial charge >= 0.3 is 0 Å². The van der Waals surface area contributed by atoms with Gasteiger partial charge in [0.2, 0.25) is 0 Å². The number of piperazine rings is 1. The van der Waals surface area contributed by atoms with Gasteiger partial charge in [0.15, 0.2) is 0 Å². The van der Waals surface area contributed by atoms with Gasteiger partial charge in [0.25, 0.3) is 0 Å². The van der Waals surface area contributed by atoms with E-state index in [1.807, 2.05) is 0 Å². The lowest BCUT2D eigenvalue weighted by Gasteiger charge is -2.44. The van der Waals surface area contributed by atoms with E-state index in [-0.39, 0.29) is 0 Å². The van der Waals surface area contributed by atoms with Crippen LogP contribution >= 0.6 is 0 Å². The summed E-state index contributed by atoms with van der Waals surface area (Å²) in [6.07, 6.45) is 2.79. The summed E-state index contributed by atoms with van der Waals surface area (Å²) in [4.78, 5) is 5.32. The molecule has 0 aromatic rings. The zero-order valence-electron chi connectivity index (χ0n) is 12.7. The molecule has 3 nitrogen and oxygen atoms in total. The third-order valence-electron chi connectivity index (χ3n) is 4.63. The van der Waals surface area contributed by atoms with Gasteiger partial charge in [-0.3, -0.25) is 9.80 Å². The first-order chi connectivity index (χ1) is 8.61. The second-order valence-electron chi connectivity index (χ2n) is 6.47. The maximum atomic E-state index is 3.72. The minimum Gasteiger partial charge on any atom is -0.312 e. The maximum absolute atomic E-state index is 3.72. The highest BCUT2D eigenvalue weighted by Crippen LogP contribution is 2.21. The van der Waals surface area contributed by atoms with Crippen LogP contribution in [-0.4, -0.2) is 60.6 Å². The van der Waals surface area contributed by atoms with Crippen LogP contribution in [0, 0.1) is 5.92 Å². The lowest BCUT2D eigenvalue weighted by Crippen LogP contribution is -2.57. The monoisotopic (exact) mass is 253 g/mol. The fourth-order valence-corrected chi connectivity index (χ4v) is 3.16. The summed E-state index contributed by atoms with van der Waals surface area (Å²) < 4.78 is 0. The van der Waals surface area contributed by atoms with Crippen molar-refractivity contribution in [2.75, 3.05) is 32.7 Å². The van der Waals surface area contributed by atoms with Crippen molar-refractivity contribution in [3.63, 3.8) is 0 Å². The molecule has 1 N–H and O–H groups in total. The second kappa shape index (κ2) is 6.36. The van der Waals surface area contributed by atoms with Crippen molar-refractivity contribution >= 4 is 0 Å². The average molecular weight is 253 g/mol. The van der Waals surface area contributed by atoms with E-state index in [9.17, 15) is 0 Å². The van der Waals surface area contributed by atoms with Gasteiger partial charge in [-0.25, -0.2) is 0 Å². The largest absolute Gasteiger partial charge is 0.312 e. The number of nitrogens with zero attached hydrogens (tertiary/aromatic N) is 2. The third-order valence-corrected chi connectivity index (χ3v) is 4.63. The Morgan fingerprint density at radius 1 is 1.22 bits per heavy atom. The average Bonchev–Trinajstić information content (AvgIpc) is 3.13. The molecule has 0 aromatic heterocycles. The van der Waals surface area contributed by atoms with Crippen molar-refractivity contribution in [2.45, 2.75) is 58.7 Å². The number of hydrogen-bond donors (Lipinski definition) is 1. The Kier molecular flexibility index (Phi) is 5.05. The first-order valence-electron chi connectivity index (χ1n) is 7.83. The summed E-state index contributed by atoms with van der Waals surface area (Å²) in [6.45, 7) is 15.5. The molecule has 0 bridgehead atoms. The Morgan fingerprint density at radius 3 is 2.44 bits per heavy atom. The smallest absolute Gasteiger partial charge is 0.0244 e. The first-order valence-corrected chi connectivity index (χ1v) is 7.83. The van der Waals surface area contributed by atoms with Crippen LogP contribution in [-0.2, 0) is 0 Å². The van der Waals surface area contributed by atoms with E-state index >= 15 is 0 Å². The molecule has 0 spiro atoms. The van der Waals surface area contributed by atoms with E-state index < -0.39 is 0 Å². The number of likely N-dealkylation sites (N-methyl/N-ethyl adjacent to an activating group) is 1. The lowest BCUT2D eigenvalue weighted by molar-refractivity contribution is 0.0436. The number of rotatable bonds is 6. The number of hydrogen-bond acceptors (Lipinski definition) is 3. The molecule has 0 amide bonds. The Hall–Kier alpha value is -0.120. The molecule has 2 atom stereocenters. The van der Waals surface area contributed by atoms with Crippen molar-refractivity contribution in [3.8, 4) is 0 Å². The molecule has 2 aliphatic rings. The van der Waals surface area contributed by atoms with Gasteiger partial charge in [-0.15, -0.1) is 0 Å². The predicted octanol–water partition coefficient (Wildman–Crippen LogP) is 1.79.